The Morgan fingerprint density at radius 2 is 1.83 bits per heavy atom. The lowest BCUT2D eigenvalue weighted by Gasteiger charge is -2.11. The lowest BCUT2D eigenvalue weighted by atomic mass is 9.94. The molecule has 2 aromatic rings. The van der Waals surface area contributed by atoms with Crippen molar-refractivity contribution in [1.29, 1.82) is 0 Å². The summed E-state index contributed by atoms with van der Waals surface area (Å²) in [5.74, 6) is 0.0608. The van der Waals surface area contributed by atoms with Gasteiger partial charge in [-0.25, -0.2) is 0 Å². The third-order valence-corrected chi connectivity index (χ3v) is 3.06. The number of aliphatic hydroxyl groups is 1. The molecule has 90 valence electrons. The van der Waals surface area contributed by atoms with E-state index in [2.05, 4.69) is 26.3 Å². The first-order valence-corrected chi connectivity index (χ1v) is 5.45. The zero-order chi connectivity index (χ0) is 13.4. The fourth-order valence-corrected chi connectivity index (χ4v) is 2.25. The Balaban J connectivity index is 3.21. The second kappa shape index (κ2) is 4.08. The average molecular weight is 238 g/mol. The molecule has 0 spiro atoms. The number of aromatic hydroxyl groups is 1. The predicted molar refractivity (Wildman–Crippen MR) is 77.7 cm³/mol. The average Bonchev–Trinajstić information content (AvgIpc) is 2.32. The van der Waals surface area contributed by atoms with E-state index in [-0.39, 0.29) is 11.5 Å². The third-order valence-electron chi connectivity index (χ3n) is 3.06. The molecule has 0 aliphatic carbocycles. The molecule has 0 unspecified atom stereocenters. The number of phenolic OH excluding ortho intramolecular Hbond substituents is 1. The van der Waals surface area contributed by atoms with Crippen LogP contribution in [0.3, 0.4) is 0 Å². The van der Waals surface area contributed by atoms with Crippen molar-refractivity contribution in [1.82, 2.24) is 0 Å². The molecule has 0 aromatic heterocycles. The van der Waals surface area contributed by atoms with Crippen molar-refractivity contribution < 1.29 is 10.2 Å². The van der Waals surface area contributed by atoms with Gasteiger partial charge in [0.05, 0.1) is 0 Å². The highest BCUT2D eigenvalue weighted by molar-refractivity contribution is 5.94. The Bertz CT molecular complexity index is 770. The molecular formula is C16H14O2. The Hall–Kier alpha value is -2.48. The molecule has 2 heteroatoms. The number of aliphatic hydroxyl groups excluding tert-OH is 1. The van der Waals surface area contributed by atoms with Gasteiger partial charge in [-0.1, -0.05) is 44.5 Å². The predicted octanol–water partition coefficient (Wildman–Crippen LogP) is 2.54. The van der Waals surface area contributed by atoms with E-state index < -0.39 is 0 Å². The molecule has 0 atom stereocenters. The maximum Gasteiger partial charge on any atom is 0.124 e. The number of phenols is 1. The second-order valence-electron chi connectivity index (χ2n) is 4.10. The van der Waals surface area contributed by atoms with Crippen molar-refractivity contribution >= 4 is 35.8 Å². The van der Waals surface area contributed by atoms with E-state index >= 15 is 0 Å². The molecule has 0 saturated carbocycles. The van der Waals surface area contributed by atoms with Gasteiger partial charge in [0.25, 0.3) is 0 Å². The summed E-state index contributed by atoms with van der Waals surface area (Å²) >= 11 is 0. The summed E-state index contributed by atoms with van der Waals surface area (Å²) in [6.07, 6.45) is 1.58. The summed E-state index contributed by atoms with van der Waals surface area (Å²) in [7, 11) is 0. The summed E-state index contributed by atoms with van der Waals surface area (Å²) < 4.78 is 0. The lowest BCUT2D eigenvalue weighted by Crippen LogP contribution is -2.19. The van der Waals surface area contributed by atoms with Crippen molar-refractivity contribution in [2.45, 2.75) is 0 Å². The highest BCUT2D eigenvalue weighted by atomic mass is 16.3. The van der Waals surface area contributed by atoms with Gasteiger partial charge in [-0.2, -0.15) is 0 Å². The Morgan fingerprint density at radius 1 is 1.17 bits per heavy atom. The van der Waals surface area contributed by atoms with E-state index in [1.54, 1.807) is 18.2 Å². The highest BCUT2D eigenvalue weighted by Crippen LogP contribution is 2.22. The van der Waals surface area contributed by atoms with Crippen molar-refractivity contribution in [2.75, 3.05) is 0 Å². The van der Waals surface area contributed by atoms with Crippen LogP contribution in [0.4, 0.5) is 0 Å². The fraction of sp³-hybridized carbons (Fsp3) is 0. The first kappa shape index (κ1) is 12.0. The minimum absolute atomic E-state index is 0.0787. The topological polar surface area (TPSA) is 40.5 Å². The van der Waals surface area contributed by atoms with Crippen LogP contribution in [0.15, 0.2) is 31.4 Å². The van der Waals surface area contributed by atoms with E-state index in [1.165, 1.54) is 0 Å². The van der Waals surface area contributed by atoms with E-state index in [0.29, 0.717) is 27.0 Å². The molecule has 18 heavy (non-hydrogen) atoms. The molecule has 0 bridgehead atoms. The van der Waals surface area contributed by atoms with Crippen LogP contribution in [0.1, 0.15) is 11.1 Å². The van der Waals surface area contributed by atoms with Gasteiger partial charge in [-0.3, -0.25) is 0 Å². The van der Waals surface area contributed by atoms with Gasteiger partial charge in [0.15, 0.2) is 0 Å². The summed E-state index contributed by atoms with van der Waals surface area (Å²) in [4.78, 5) is 0. The standard InChI is InChI=1S/C16H14O2/c1-5-12-9(2)16-13(7-6-8-14(16)18)10(3)15(12)11(4)17/h5-8,17-18H,1-4H2. The highest BCUT2D eigenvalue weighted by Gasteiger charge is 2.12. The number of benzene rings is 2. The zero-order valence-electron chi connectivity index (χ0n) is 10.0. The minimum Gasteiger partial charge on any atom is -0.508 e. The van der Waals surface area contributed by atoms with Crippen LogP contribution in [0, 0.1) is 0 Å². The number of fused-ring (bicyclic) bond motifs is 1. The molecule has 2 N–H and O–H groups in total. The van der Waals surface area contributed by atoms with Crippen molar-refractivity contribution in [2.24, 2.45) is 0 Å². The zero-order valence-corrected chi connectivity index (χ0v) is 10.0. The van der Waals surface area contributed by atoms with Gasteiger partial charge in [0.2, 0.25) is 0 Å². The van der Waals surface area contributed by atoms with Gasteiger partial charge >= 0.3 is 0 Å². The monoisotopic (exact) mass is 238 g/mol. The van der Waals surface area contributed by atoms with E-state index in [1.807, 2.05) is 6.07 Å². The Kier molecular flexibility index (Phi) is 2.71. The Morgan fingerprint density at radius 3 is 2.39 bits per heavy atom. The quantitative estimate of drug-likeness (QED) is 0.789. The van der Waals surface area contributed by atoms with Crippen LogP contribution in [-0.4, -0.2) is 10.2 Å². The van der Waals surface area contributed by atoms with Crippen LogP contribution in [0.5, 0.6) is 5.75 Å². The van der Waals surface area contributed by atoms with E-state index in [9.17, 15) is 10.2 Å². The molecule has 2 nitrogen and oxygen atoms in total. The molecule has 2 rings (SSSR count). The maximum atomic E-state index is 9.94. The first-order chi connectivity index (χ1) is 8.49. The summed E-state index contributed by atoms with van der Waals surface area (Å²) in [5, 5.41) is 22.2. The minimum atomic E-state index is -0.0787. The van der Waals surface area contributed by atoms with Crippen LogP contribution >= 0.6 is 0 Å². The molecule has 0 aliphatic heterocycles. The van der Waals surface area contributed by atoms with Crippen molar-refractivity contribution in [3.05, 3.63) is 52.9 Å². The smallest absolute Gasteiger partial charge is 0.124 e. The third kappa shape index (κ3) is 1.51. The van der Waals surface area contributed by atoms with Crippen LogP contribution in [0.2, 0.25) is 0 Å². The molecule has 0 radical (unpaired) electrons. The first-order valence-electron chi connectivity index (χ1n) is 5.45. The molecule has 0 amide bonds. The largest absolute Gasteiger partial charge is 0.508 e. The van der Waals surface area contributed by atoms with Gasteiger partial charge in [-0.05, 0) is 27.5 Å². The molecule has 2 aromatic carbocycles. The number of rotatable bonds is 2. The molecular weight excluding hydrogens is 224 g/mol. The normalized spacial score (nSPS) is 10.4. The van der Waals surface area contributed by atoms with E-state index in [0.717, 1.165) is 5.39 Å². The maximum absolute atomic E-state index is 9.94. The Labute approximate surface area is 105 Å². The number of hydrogen-bond donors (Lipinski definition) is 2. The van der Waals surface area contributed by atoms with Gasteiger partial charge in [0, 0.05) is 10.9 Å². The second-order valence-corrected chi connectivity index (χ2v) is 4.10. The van der Waals surface area contributed by atoms with E-state index in [4.69, 9.17) is 0 Å². The number of hydrogen-bond acceptors (Lipinski definition) is 2. The fourth-order valence-electron chi connectivity index (χ4n) is 2.25. The van der Waals surface area contributed by atoms with Gasteiger partial charge in [0.1, 0.15) is 11.5 Å². The molecule has 0 heterocycles. The van der Waals surface area contributed by atoms with Crippen LogP contribution in [-0.2, 0) is 0 Å². The van der Waals surface area contributed by atoms with Crippen molar-refractivity contribution in [3.63, 3.8) is 0 Å². The molecule has 0 fully saturated rings. The summed E-state index contributed by atoms with van der Waals surface area (Å²) in [6, 6.07) is 5.14. The van der Waals surface area contributed by atoms with Crippen LogP contribution < -0.4 is 10.4 Å². The summed E-state index contributed by atoms with van der Waals surface area (Å²) in [6.45, 7) is 15.2. The van der Waals surface area contributed by atoms with Crippen LogP contribution in [0.25, 0.3) is 35.8 Å². The summed E-state index contributed by atoms with van der Waals surface area (Å²) in [5.41, 5.74) is 1.16. The van der Waals surface area contributed by atoms with Gasteiger partial charge in [-0.15, -0.1) is 0 Å². The lowest BCUT2D eigenvalue weighted by molar-refractivity contribution is 0.481. The van der Waals surface area contributed by atoms with Crippen molar-refractivity contribution in [3.8, 4) is 5.75 Å². The molecule has 0 saturated heterocycles. The SMILES string of the molecule is C=Cc1c(C(=C)O)c(=C)c2cccc(O)c2c1=C. The van der Waals surface area contributed by atoms with Gasteiger partial charge < -0.3 is 10.2 Å². The molecule has 0 aliphatic rings.